The lowest BCUT2D eigenvalue weighted by molar-refractivity contribution is -0.116. The van der Waals surface area contributed by atoms with Crippen molar-refractivity contribution in [1.29, 1.82) is 0 Å². The van der Waals surface area contributed by atoms with Crippen LogP contribution in [-0.4, -0.2) is 50.1 Å². The Labute approximate surface area is 103 Å². The van der Waals surface area contributed by atoms with Crippen molar-refractivity contribution in [2.24, 2.45) is 0 Å². The Morgan fingerprint density at radius 1 is 1.41 bits per heavy atom. The number of aliphatic hydroxyl groups excluding tert-OH is 1. The fraction of sp³-hybridized carbons (Fsp3) is 0.750. The molecule has 0 aromatic rings. The molecule has 0 aliphatic heterocycles. The highest BCUT2D eigenvalue weighted by Crippen LogP contribution is 1.90. The van der Waals surface area contributed by atoms with Crippen LogP contribution in [-0.2, 0) is 14.3 Å². The molecule has 17 heavy (non-hydrogen) atoms. The topological polar surface area (TPSA) is 67.8 Å². The lowest BCUT2D eigenvalue weighted by Crippen LogP contribution is -2.25. The number of carbonyl (C=O) groups is 1. The second-order valence-corrected chi connectivity index (χ2v) is 3.65. The lowest BCUT2D eigenvalue weighted by Gasteiger charge is -2.11. The maximum Gasteiger partial charge on any atom is 0.243 e. The number of hydrogen-bond acceptors (Lipinski definition) is 4. The molecule has 0 bridgehead atoms. The zero-order valence-corrected chi connectivity index (χ0v) is 10.5. The van der Waals surface area contributed by atoms with E-state index >= 15 is 0 Å². The van der Waals surface area contributed by atoms with Crippen LogP contribution in [0.25, 0.3) is 0 Å². The van der Waals surface area contributed by atoms with Crippen molar-refractivity contribution in [3.8, 4) is 0 Å². The summed E-state index contributed by atoms with van der Waals surface area (Å²) in [5.41, 5.74) is 0. The van der Waals surface area contributed by atoms with Crippen molar-refractivity contribution in [3.63, 3.8) is 0 Å². The van der Waals surface area contributed by atoms with Gasteiger partial charge in [0.25, 0.3) is 0 Å². The number of carbonyl (C=O) groups excluding carboxylic acids is 1. The van der Waals surface area contributed by atoms with Crippen LogP contribution in [0.15, 0.2) is 12.7 Å². The number of nitrogens with one attached hydrogen (secondary N) is 1. The summed E-state index contributed by atoms with van der Waals surface area (Å²) in [7, 11) is 0. The van der Waals surface area contributed by atoms with Gasteiger partial charge in [-0.3, -0.25) is 4.79 Å². The Bertz CT molecular complexity index is 209. The van der Waals surface area contributed by atoms with Crippen LogP contribution in [0.2, 0.25) is 0 Å². The average molecular weight is 245 g/mol. The van der Waals surface area contributed by atoms with E-state index in [1.165, 1.54) is 6.08 Å². The molecular formula is C12H23NO4. The van der Waals surface area contributed by atoms with Crippen LogP contribution < -0.4 is 5.32 Å². The molecule has 0 rings (SSSR count). The highest BCUT2D eigenvalue weighted by Gasteiger charge is 2.03. The van der Waals surface area contributed by atoms with Crippen molar-refractivity contribution in [2.45, 2.75) is 25.9 Å². The van der Waals surface area contributed by atoms with Gasteiger partial charge in [0.15, 0.2) is 0 Å². The summed E-state index contributed by atoms with van der Waals surface area (Å²) >= 11 is 0. The maximum absolute atomic E-state index is 10.8. The van der Waals surface area contributed by atoms with Gasteiger partial charge < -0.3 is 19.9 Å². The van der Waals surface area contributed by atoms with Crippen LogP contribution in [0.3, 0.4) is 0 Å². The van der Waals surface area contributed by atoms with Crippen molar-refractivity contribution < 1.29 is 19.4 Å². The second-order valence-electron chi connectivity index (χ2n) is 3.65. The monoisotopic (exact) mass is 245 g/mol. The van der Waals surface area contributed by atoms with Crippen LogP contribution >= 0.6 is 0 Å². The minimum atomic E-state index is -0.579. The quantitative estimate of drug-likeness (QED) is 0.410. The molecule has 0 aliphatic rings. The number of aliphatic hydroxyl groups is 1. The Morgan fingerprint density at radius 2 is 2.06 bits per heavy atom. The fourth-order valence-corrected chi connectivity index (χ4v) is 1.09. The second kappa shape index (κ2) is 11.6. The van der Waals surface area contributed by atoms with E-state index in [9.17, 15) is 9.90 Å². The first-order valence-electron chi connectivity index (χ1n) is 5.94. The first kappa shape index (κ1) is 16.1. The van der Waals surface area contributed by atoms with E-state index in [0.717, 1.165) is 6.42 Å². The molecule has 0 radical (unpaired) electrons. The van der Waals surface area contributed by atoms with E-state index in [4.69, 9.17) is 9.47 Å². The third kappa shape index (κ3) is 11.4. The smallest absolute Gasteiger partial charge is 0.243 e. The minimum Gasteiger partial charge on any atom is -0.388 e. The standard InChI is InChI=1S/C12H23NO4/c1-3-7-16-9-11(14)10-17-8-5-6-13-12(15)4-2/h4,11,14H,2-3,5-10H2,1H3,(H,13,15). The molecule has 1 unspecified atom stereocenters. The number of ether oxygens (including phenoxy) is 2. The molecule has 0 spiro atoms. The van der Waals surface area contributed by atoms with Crippen molar-refractivity contribution in [1.82, 2.24) is 5.32 Å². The number of rotatable bonds is 11. The van der Waals surface area contributed by atoms with Gasteiger partial charge in [0.05, 0.1) is 13.2 Å². The Kier molecular flexibility index (Phi) is 11.0. The molecule has 5 nitrogen and oxygen atoms in total. The molecule has 0 aromatic carbocycles. The van der Waals surface area contributed by atoms with E-state index in [1.807, 2.05) is 6.92 Å². The van der Waals surface area contributed by atoms with Gasteiger partial charge in [-0.2, -0.15) is 0 Å². The van der Waals surface area contributed by atoms with Crippen LogP contribution in [0.5, 0.6) is 0 Å². The van der Waals surface area contributed by atoms with Crippen LogP contribution in [0, 0.1) is 0 Å². The molecular weight excluding hydrogens is 222 g/mol. The normalized spacial score (nSPS) is 12.1. The predicted molar refractivity (Wildman–Crippen MR) is 65.8 cm³/mol. The van der Waals surface area contributed by atoms with Crippen molar-refractivity contribution >= 4 is 5.91 Å². The third-order valence-corrected chi connectivity index (χ3v) is 1.92. The summed E-state index contributed by atoms with van der Waals surface area (Å²) in [5, 5.41) is 12.1. The summed E-state index contributed by atoms with van der Waals surface area (Å²) in [6, 6.07) is 0. The fourth-order valence-electron chi connectivity index (χ4n) is 1.09. The molecule has 1 atom stereocenters. The largest absolute Gasteiger partial charge is 0.388 e. The predicted octanol–water partition coefficient (Wildman–Crippen LogP) is 0.483. The van der Waals surface area contributed by atoms with Gasteiger partial charge in [-0.15, -0.1) is 0 Å². The molecule has 0 aromatic heterocycles. The molecule has 0 saturated heterocycles. The van der Waals surface area contributed by atoms with Gasteiger partial charge in [-0.1, -0.05) is 13.5 Å². The molecule has 1 amide bonds. The molecule has 0 fully saturated rings. The highest BCUT2D eigenvalue weighted by molar-refractivity contribution is 5.86. The molecule has 0 saturated carbocycles. The Balaban J connectivity index is 3.21. The maximum atomic E-state index is 10.8. The summed E-state index contributed by atoms with van der Waals surface area (Å²) in [5.74, 6) is -0.182. The van der Waals surface area contributed by atoms with Gasteiger partial charge in [0.1, 0.15) is 6.10 Å². The minimum absolute atomic E-state index is 0.182. The van der Waals surface area contributed by atoms with Gasteiger partial charge in [0.2, 0.25) is 5.91 Å². The lowest BCUT2D eigenvalue weighted by atomic mass is 10.4. The first-order chi connectivity index (χ1) is 8.20. The van der Waals surface area contributed by atoms with E-state index in [-0.39, 0.29) is 12.5 Å². The third-order valence-electron chi connectivity index (χ3n) is 1.92. The summed E-state index contributed by atoms with van der Waals surface area (Å²) < 4.78 is 10.4. The molecule has 0 heterocycles. The van der Waals surface area contributed by atoms with Gasteiger partial charge in [-0.05, 0) is 18.9 Å². The summed E-state index contributed by atoms with van der Waals surface area (Å²) in [6.07, 6.45) is 2.30. The van der Waals surface area contributed by atoms with E-state index < -0.39 is 6.10 Å². The highest BCUT2D eigenvalue weighted by atomic mass is 16.5. The number of amides is 1. The molecule has 0 aliphatic carbocycles. The van der Waals surface area contributed by atoms with Crippen LogP contribution in [0.1, 0.15) is 19.8 Å². The SMILES string of the molecule is C=CC(=O)NCCCOCC(O)COCCC. The van der Waals surface area contributed by atoms with Crippen LogP contribution in [0.4, 0.5) is 0 Å². The first-order valence-corrected chi connectivity index (χ1v) is 5.94. The zero-order valence-electron chi connectivity index (χ0n) is 10.5. The summed E-state index contributed by atoms with van der Waals surface area (Å²) in [4.78, 5) is 10.8. The molecule has 5 heteroatoms. The average Bonchev–Trinajstić information content (AvgIpc) is 2.33. The van der Waals surface area contributed by atoms with E-state index in [0.29, 0.717) is 32.8 Å². The zero-order chi connectivity index (χ0) is 12.9. The molecule has 100 valence electrons. The molecule has 2 N–H and O–H groups in total. The van der Waals surface area contributed by atoms with Gasteiger partial charge in [0, 0.05) is 19.8 Å². The number of hydrogen-bond donors (Lipinski definition) is 2. The Hall–Kier alpha value is -0.910. The van der Waals surface area contributed by atoms with Crippen molar-refractivity contribution in [2.75, 3.05) is 33.0 Å². The Morgan fingerprint density at radius 3 is 2.65 bits per heavy atom. The van der Waals surface area contributed by atoms with E-state index in [2.05, 4.69) is 11.9 Å². The van der Waals surface area contributed by atoms with Gasteiger partial charge in [-0.25, -0.2) is 0 Å². The van der Waals surface area contributed by atoms with Gasteiger partial charge >= 0.3 is 0 Å². The van der Waals surface area contributed by atoms with Crippen molar-refractivity contribution in [3.05, 3.63) is 12.7 Å². The summed E-state index contributed by atoms with van der Waals surface area (Å²) in [6.45, 7) is 7.64. The van der Waals surface area contributed by atoms with E-state index in [1.54, 1.807) is 0 Å².